The molecule has 1 unspecified atom stereocenters. The van der Waals surface area contributed by atoms with Gasteiger partial charge in [-0.3, -0.25) is 0 Å². The summed E-state index contributed by atoms with van der Waals surface area (Å²) in [5.41, 5.74) is 0.270. The zero-order chi connectivity index (χ0) is 15.0. The van der Waals surface area contributed by atoms with Crippen molar-refractivity contribution in [2.45, 2.75) is 98.4 Å². The summed E-state index contributed by atoms with van der Waals surface area (Å²) in [5, 5.41) is 10.3. The van der Waals surface area contributed by atoms with Gasteiger partial charge in [0, 0.05) is 0 Å². The number of nitrogens with zero attached hydrogens (tertiary/aromatic N) is 1. The zero-order valence-corrected chi connectivity index (χ0v) is 14.4. The predicted molar refractivity (Wildman–Crippen MR) is 80.7 cm³/mol. The van der Waals surface area contributed by atoms with Crippen molar-refractivity contribution in [1.29, 1.82) is 0 Å². The minimum absolute atomic E-state index is 0.0899. The van der Waals surface area contributed by atoms with Crippen molar-refractivity contribution in [1.82, 2.24) is 0 Å². The fraction of sp³-hybridized carbons (Fsp3) is 1.00. The molecule has 0 spiro atoms. The van der Waals surface area contributed by atoms with Gasteiger partial charge in [0.05, 0.1) is 16.6 Å². The van der Waals surface area contributed by atoms with Crippen molar-refractivity contribution in [2.75, 3.05) is 6.54 Å². The van der Waals surface area contributed by atoms with E-state index in [1.807, 2.05) is 0 Å². The van der Waals surface area contributed by atoms with Crippen molar-refractivity contribution < 1.29 is 9.59 Å². The number of aliphatic hydroxyl groups excluding tert-OH is 1. The van der Waals surface area contributed by atoms with Crippen molar-refractivity contribution in [3.8, 4) is 0 Å². The second-order valence-corrected chi connectivity index (χ2v) is 8.57. The van der Waals surface area contributed by atoms with Crippen LogP contribution in [0.1, 0.15) is 75.7 Å². The van der Waals surface area contributed by atoms with Gasteiger partial charge in [-0.25, -0.2) is 0 Å². The van der Waals surface area contributed by atoms with E-state index in [4.69, 9.17) is 0 Å². The molecule has 0 aromatic carbocycles. The molecular weight excluding hydrogens is 222 g/mol. The third-order valence-electron chi connectivity index (χ3n) is 4.39. The molecule has 0 aliphatic rings. The predicted octanol–water partition coefficient (Wildman–Crippen LogP) is 3.97. The molecule has 0 bridgehead atoms. The van der Waals surface area contributed by atoms with Crippen molar-refractivity contribution in [3.63, 3.8) is 0 Å². The maximum atomic E-state index is 10.3. The van der Waals surface area contributed by atoms with Gasteiger partial charge < -0.3 is 9.59 Å². The SMILES string of the molecule is CCC(O)C[N+](C(C)(C)C)(C(C)(C)C)C(C)(C)C. The monoisotopic (exact) mass is 258 g/mol. The lowest BCUT2D eigenvalue weighted by molar-refractivity contribution is -1.05. The highest BCUT2D eigenvalue weighted by atomic mass is 16.3. The normalized spacial score (nSPS) is 16.8. The molecule has 0 aliphatic carbocycles. The summed E-state index contributed by atoms with van der Waals surface area (Å²) in [6.45, 7) is 23.6. The smallest absolute Gasteiger partial charge is 0.106 e. The summed E-state index contributed by atoms with van der Waals surface area (Å²) in [6, 6.07) is 0. The lowest BCUT2D eigenvalue weighted by Gasteiger charge is -2.64. The highest BCUT2D eigenvalue weighted by Crippen LogP contribution is 2.44. The second kappa shape index (κ2) is 5.13. The topological polar surface area (TPSA) is 20.2 Å². The first-order valence-corrected chi connectivity index (χ1v) is 7.27. The molecule has 0 rings (SSSR count). The summed E-state index contributed by atoms with van der Waals surface area (Å²) >= 11 is 0. The second-order valence-electron chi connectivity index (χ2n) is 8.57. The molecule has 0 amide bonds. The maximum Gasteiger partial charge on any atom is 0.106 e. The van der Waals surface area contributed by atoms with Crippen molar-refractivity contribution >= 4 is 0 Å². The minimum atomic E-state index is -0.234. The summed E-state index contributed by atoms with van der Waals surface area (Å²) in [7, 11) is 0. The van der Waals surface area contributed by atoms with Gasteiger partial charge in [-0.15, -0.1) is 0 Å². The van der Waals surface area contributed by atoms with Crippen LogP contribution in [0.4, 0.5) is 0 Å². The van der Waals surface area contributed by atoms with E-state index in [9.17, 15) is 5.11 Å². The Morgan fingerprint density at radius 3 is 1.22 bits per heavy atom. The minimum Gasteiger partial charge on any atom is -0.387 e. The standard InChI is InChI=1S/C16H36NO/c1-11-13(18)12-17(14(2,3)4,15(5,6)7)16(8,9)10/h13,18H,11-12H2,1-10H3/q+1. The van der Waals surface area contributed by atoms with E-state index in [0.29, 0.717) is 0 Å². The van der Waals surface area contributed by atoms with E-state index in [1.54, 1.807) is 0 Å². The van der Waals surface area contributed by atoms with Gasteiger partial charge in [0.2, 0.25) is 0 Å². The molecule has 0 saturated heterocycles. The van der Waals surface area contributed by atoms with Gasteiger partial charge >= 0.3 is 0 Å². The first kappa shape index (κ1) is 17.9. The summed E-state index contributed by atoms with van der Waals surface area (Å²) in [5.74, 6) is 0. The van der Waals surface area contributed by atoms with E-state index < -0.39 is 0 Å². The molecule has 0 saturated carbocycles. The Labute approximate surface area is 115 Å². The number of hydrogen-bond acceptors (Lipinski definition) is 1. The molecule has 18 heavy (non-hydrogen) atoms. The highest BCUT2D eigenvalue weighted by molar-refractivity contribution is 4.83. The lowest BCUT2D eigenvalue weighted by atomic mass is 9.81. The van der Waals surface area contributed by atoms with Gasteiger partial charge in [-0.2, -0.15) is 0 Å². The van der Waals surface area contributed by atoms with Gasteiger partial charge in [-0.1, -0.05) is 6.92 Å². The van der Waals surface area contributed by atoms with Gasteiger partial charge in [-0.05, 0) is 68.7 Å². The molecule has 110 valence electrons. The fourth-order valence-electron chi connectivity index (χ4n) is 4.29. The number of rotatable bonds is 3. The molecule has 0 radical (unpaired) electrons. The highest BCUT2D eigenvalue weighted by Gasteiger charge is 2.56. The van der Waals surface area contributed by atoms with E-state index >= 15 is 0 Å². The van der Waals surface area contributed by atoms with Crippen LogP contribution in [0.15, 0.2) is 0 Å². The van der Waals surface area contributed by atoms with E-state index in [2.05, 4.69) is 69.2 Å². The Morgan fingerprint density at radius 2 is 1.06 bits per heavy atom. The molecule has 2 nitrogen and oxygen atoms in total. The Balaban J connectivity index is 5.92. The van der Waals surface area contributed by atoms with Gasteiger partial charge in [0.25, 0.3) is 0 Å². The van der Waals surface area contributed by atoms with Gasteiger partial charge in [0.15, 0.2) is 0 Å². The van der Waals surface area contributed by atoms with Crippen LogP contribution >= 0.6 is 0 Å². The Kier molecular flexibility index (Phi) is 5.10. The number of hydrogen-bond donors (Lipinski definition) is 1. The number of aliphatic hydroxyl groups is 1. The van der Waals surface area contributed by atoms with E-state index in [0.717, 1.165) is 17.4 Å². The molecule has 0 aliphatic heterocycles. The van der Waals surface area contributed by atoms with Crippen LogP contribution in [-0.2, 0) is 0 Å². The molecule has 2 heteroatoms. The molecule has 0 aromatic heterocycles. The van der Waals surface area contributed by atoms with Crippen LogP contribution in [0, 0.1) is 0 Å². The third kappa shape index (κ3) is 3.08. The van der Waals surface area contributed by atoms with E-state index in [1.165, 1.54) is 0 Å². The van der Waals surface area contributed by atoms with Crippen LogP contribution in [0.25, 0.3) is 0 Å². The molecular formula is C16H36NO+. The van der Waals surface area contributed by atoms with E-state index in [-0.39, 0.29) is 22.7 Å². The van der Waals surface area contributed by atoms with Crippen LogP contribution < -0.4 is 0 Å². The van der Waals surface area contributed by atoms with Crippen LogP contribution in [-0.4, -0.2) is 38.9 Å². The maximum absolute atomic E-state index is 10.3. The first-order chi connectivity index (χ1) is 7.70. The zero-order valence-electron chi connectivity index (χ0n) is 14.4. The van der Waals surface area contributed by atoms with Crippen LogP contribution in [0.2, 0.25) is 0 Å². The Bertz CT molecular complexity index is 226. The fourth-order valence-corrected chi connectivity index (χ4v) is 4.29. The first-order valence-electron chi connectivity index (χ1n) is 7.27. The number of quaternary nitrogens is 1. The summed E-state index contributed by atoms with van der Waals surface area (Å²) in [6.07, 6.45) is 0.588. The van der Waals surface area contributed by atoms with Crippen LogP contribution in [0.5, 0.6) is 0 Å². The molecule has 1 N–H and O–H groups in total. The summed E-state index contributed by atoms with van der Waals surface area (Å²) in [4.78, 5) is 0. The average Bonchev–Trinajstić information content (AvgIpc) is 2.07. The molecule has 1 atom stereocenters. The third-order valence-corrected chi connectivity index (χ3v) is 4.39. The lowest BCUT2D eigenvalue weighted by Crippen LogP contribution is -2.78. The summed E-state index contributed by atoms with van der Waals surface area (Å²) < 4.78 is 0.905. The molecule has 0 aromatic rings. The average molecular weight is 258 g/mol. The largest absolute Gasteiger partial charge is 0.387 e. The quantitative estimate of drug-likeness (QED) is 0.760. The van der Waals surface area contributed by atoms with Crippen LogP contribution in [0.3, 0.4) is 0 Å². The molecule has 0 fully saturated rings. The molecule has 0 heterocycles. The Morgan fingerprint density at radius 1 is 0.778 bits per heavy atom. The van der Waals surface area contributed by atoms with Crippen molar-refractivity contribution in [3.05, 3.63) is 0 Å². The Hall–Kier alpha value is -0.0800. The van der Waals surface area contributed by atoms with Gasteiger partial charge in [0.1, 0.15) is 12.6 Å². The van der Waals surface area contributed by atoms with Crippen molar-refractivity contribution in [2.24, 2.45) is 0 Å².